The number of rotatable bonds is 5. The molecular formula is C12H14BrNO2. The normalized spacial score (nSPS) is 14.6. The quantitative estimate of drug-likeness (QED) is 0.901. The van der Waals surface area contributed by atoms with Crippen LogP contribution in [0.5, 0.6) is 5.75 Å². The van der Waals surface area contributed by atoms with Gasteiger partial charge in [0.25, 0.3) is 5.91 Å². The third kappa shape index (κ3) is 3.52. The van der Waals surface area contributed by atoms with E-state index in [0.29, 0.717) is 11.7 Å². The smallest absolute Gasteiger partial charge is 0.257 e. The van der Waals surface area contributed by atoms with Gasteiger partial charge in [0.2, 0.25) is 0 Å². The predicted octanol–water partition coefficient (Wildman–Crippen LogP) is 2.35. The second kappa shape index (κ2) is 5.34. The van der Waals surface area contributed by atoms with Crippen molar-refractivity contribution in [2.45, 2.75) is 12.8 Å². The van der Waals surface area contributed by atoms with Gasteiger partial charge in [-0.05, 0) is 46.8 Å². The first kappa shape index (κ1) is 11.5. The molecule has 0 aliphatic heterocycles. The van der Waals surface area contributed by atoms with E-state index in [2.05, 4.69) is 21.2 Å². The van der Waals surface area contributed by atoms with Crippen molar-refractivity contribution < 1.29 is 9.53 Å². The van der Waals surface area contributed by atoms with E-state index in [0.717, 1.165) is 11.0 Å². The van der Waals surface area contributed by atoms with Crippen molar-refractivity contribution in [2.24, 2.45) is 5.92 Å². The summed E-state index contributed by atoms with van der Waals surface area (Å²) in [6, 6.07) is 7.50. The first-order valence-electron chi connectivity index (χ1n) is 5.40. The first-order valence-corrected chi connectivity index (χ1v) is 6.19. The summed E-state index contributed by atoms with van der Waals surface area (Å²) in [7, 11) is 0. The number of carbonyl (C=O) groups is 1. The second-order valence-corrected chi connectivity index (χ2v) is 4.82. The Kier molecular flexibility index (Phi) is 3.83. The van der Waals surface area contributed by atoms with Gasteiger partial charge < -0.3 is 10.1 Å². The lowest BCUT2D eigenvalue weighted by Gasteiger charge is -2.08. The first-order chi connectivity index (χ1) is 7.75. The van der Waals surface area contributed by atoms with E-state index in [-0.39, 0.29) is 12.5 Å². The fourth-order valence-electron chi connectivity index (χ4n) is 1.34. The summed E-state index contributed by atoms with van der Waals surface area (Å²) in [6.45, 7) is 0.869. The molecule has 86 valence electrons. The number of para-hydroxylation sites is 1. The molecule has 0 aromatic heterocycles. The monoisotopic (exact) mass is 283 g/mol. The molecule has 3 nitrogen and oxygen atoms in total. The molecule has 0 spiro atoms. The molecule has 1 N–H and O–H groups in total. The van der Waals surface area contributed by atoms with E-state index in [1.165, 1.54) is 12.8 Å². The summed E-state index contributed by atoms with van der Waals surface area (Å²) < 4.78 is 6.26. The van der Waals surface area contributed by atoms with Gasteiger partial charge in [-0.1, -0.05) is 12.1 Å². The summed E-state index contributed by atoms with van der Waals surface area (Å²) in [4.78, 5) is 11.4. The molecular weight excluding hydrogens is 270 g/mol. The predicted molar refractivity (Wildman–Crippen MR) is 65.4 cm³/mol. The Morgan fingerprint density at radius 2 is 2.19 bits per heavy atom. The van der Waals surface area contributed by atoms with Gasteiger partial charge in [-0.2, -0.15) is 0 Å². The number of hydrogen-bond donors (Lipinski definition) is 1. The third-order valence-corrected chi connectivity index (χ3v) is 3.14. The molecule has 1 aliphatic rings. The van der Waals surface area contributed by atoms with Crippen molar-refractivity contribution in [3.8, 4) is 5.75 Å². The van der Waals surface area contributed by atoms with Crippen molar-refractivity contribution in [1.29, 1.82) is 0 Å². The van der Waals surface area contributed by atoms with E-state index in [9.17, 15) is 4.79 Å². The fraction of sp³-hybridized carbons (Fsp3) is 0.417. The average molecular weight is 284 g/mol. The van der Waals surface area contributed by atoms with Crippen LogP contribution in [-0.2, 0) is 4.79 Å². The van der Waals surface area contributed by atoms with Crippen LogP contribution in [0.3, 0.4) is 0 Å². The minimum absolute atomic E-state index is 0.0531. The summed E-state index contributed by atoms with van der Waals surface area (Å²) in [5.74, 6) is 1.35. The Bertz CT molecular complexity index is 377. The van der Waals surface area contributed by atoms with Crippen LogP contribution >= 0.6 is 15.9 Å². The standard InChI is InChI=1S/C12H14BrNO2/c13-10-3-1-2-4-11(10)16-8-12(15)14-7-9-5-6-9/h1-4,9H,5-8H2,(H,14,15). The zero-order valence-electron chi connectivity index (χ0n) is 8.91. The molecule has 1 saturated carbocycles. The minimum Gasteiger partial charge on any atom is -0.483 e. The lowest BCUT2D eigenvalue weighted by atomic mass is 10.3. The molecule has 4 heteroatoms. The topological polar surface area (TPSA) is 38.3 Å². The Morgan fingerprint density at radius 3 is 2.88 bits per heavy atom. The van der Waals surface area contributed by atoms with Gasteiger partial charge in [0, 0.05) is 6.54 Å². The number of carbonyl (C=O) groups excluding carboxylic acids is 1. The highest BCUT2D eigenvalue weighted by molar-refractivity contribution is 9.10. The zero-order chi connectivity index (χ0) is 11.4. The van der Waals surface area contributed by atoms with Crippen molar-refractivity contribution >= 4 is 21.8 Å². The van der Waals surface area contributed by atoms with Crippen molar-refractivity contribution in [3.05, 3.63) is 28.7 Å². The van der Waals surface area contributed by atoms with E-state index in [1.807, 2.05) is 24.3 Å². The highest BCUT2D eigenvalue weighted by Gasteiger charge is 2.21. The maximum absolute atomic E-state index is 11.4. The molecule has 0 atom stereocenters. The molecule has 0 saturated heterocycles. The van der Waals surface area contributed by atoms with Crippen LogP contribution in [0, 0.1) is 5.92 Å². The van der Waals surface area contributed by atoms with Crippen LogP contribution in [0.4, 0.5) is 0 Å². The SMILES string of the molecule is O=C(COc1ccccc1Br)NCC1CC1. The van der Waals surface area contributed by atoms with E-state index >= 15 is 0 Å². The Hall–Kier alpha value is -1.03. The van der Waals surface area contributed by atoms with Gasteiger partial charge in [0.05, 0.1) is 4.47 Å². The van der Waals surface area contributed by atoms with Crippen molar-refractivity contribution in [3.63, 3.8) is 0 Å². The molecule has 1 fully saturated rings. The number of ether oxygens (including phenoxy) is 1. The van der Waals surface area contributed by atoms with Gasteiger partial charge in [-0.25, -0.2) is 0 Å². The fourth-order valence-corrected chi connectivity index (χ4v) is 1.74. The number of halogens is 1. The van der Waals surface area contributed by atoms with Crippen LogP contribution < -0.4 is 10.1 Å². The number of nitrogens with one attached hydrogen (secondary N) is 1. The molecule has 2 rings (SSSR count). The highest BCUT2D eigenvalue weighted by atomic mass is 79.9. The summed E-state index contributed by atoms with van der Waals surface area (Å²) in [5.41, 5.74) is 0. The number of amides is 1. The summed E-state index contributed by atoms with van der Waals surface area (Å²) in [6.07, 6.45) is 2.48. The Labute approximate surface area is 103 Å². The Balaban J connectivity index is 1.73. The van der Waals surface area contributed by atoms with E-state index in [4.69, 9.17) is 4.74 Å². The molecule has 0 heterocycles. The van der Waals surface area contributed by atoms with E-state index < -0.39 is 0 Å². The van der Waals surface area contributed by atoms with Crippen LogP contribution in [-0.4, -0.2) is 19.1 Å². The van der Waals surface area contributed by atoms with Crippen LogP contribution in [0.25, 0.3) is 0 Å². The van der Waals surface area contributed by atoms with Crippen molar-refractivity contribution in [2.75, 3.05) is 13.2 Å². The Morgan fingerprint density at radius 1 is 1.44 bits per heavy atom. The minimum atomic E-state index is -0.0531. The lowest BCUT2D eigenvalue weighted by molar-refractivity contribution is -0.123. The van der Waals surface area contributed by atoms with Crippen LogP contribution in [0.2, 0.25) is 0 Å². The summed E-state index contributed by atoms with van der Waals surface area (Å²) >= 11 is 3.36. The highest BCUT2D eigenvalue weighted by Crippen LogP contribution is 2.27. The summed E-state index contributed by atoms with van der Waals surface area (Å²) in [5, 5.41) is 2.86. The van der Waals surface area contributed by atoms with Gasteiger partial charge in [-0.15, -0.1) is 0 Å². The number of benzene rings is 1. The van der Waals surface area contributed by atoms with Gasteiger partial charge in [-0.3, -0.25) is 4.79 Å². The van der Waals surface area contributed by atoms with Crippen molar-refractivity contribution in [1.82, 2.24) is 5.32 Å². The molecule has 1 aromatic rings. The van der Waals surface area contributed by atoms with Gasteiger partial charge in [0.1, 0.15) is 5.75 Å². The van der Waals surface area contributed by atoms with Crippen LogP contribution in [0.1, 0.15) is 12.8 Å². The molecule has 1 amide bonds. The maximum Gasteiger partial charge on any atom is 0.257 e. The van der Waals surface area contributed by atoms with Gasteiger partial charge in [0.15, 0.2) is 6.61 Å². The van der Waals surface area contributed by atoms with Gasteiger partial charge >= 0.3 is 0 Å². The second-order valence-electron chi connectivity index (χ2n) is 3.97. The molecule has 1 aliphatic carbocycles. The third-order valence-electron chi connectivity index (χ3n) is 2.48. The average Bonchev–Trinajstić information content (AvgIpc) is 3.09. The van der Waals surface area contributed by atoms with Crippen LogP contribution in [0.15, 0.2) is 28.7 Å². The van der Waals surface area contributed by atoms with E-state index in [1.54, 1.807) is 0 Å². The lowest BCUT2D eigenvalue weighted by Crippen LogP contribution is -2.30. The molecule has 0 bridgehead atoms. The molecule has 1 aromatic carbocycles. The maximum atomic E-state index is 11.4. The zero-order valence-corrected chi connectivity index (χ0v) is 10.5. The molecule has 16 heavy (non-hydrogen) atoms. The molecule has 0 radical (unpaired) electrons. The molecule has 0 unspecified atom stereocenters. The largest absolute Gasteiger partial charge is 0.483 e. The number of hydrogen-bond acceptors (Lipinski definition) is 2.